The highest BCUT2D eigenvalue weighted by molar-refractivity contribution is 7.16. The second-order valence-electron chi connectivity index (χ2n) is 5.43. The van der Waals surface area contributed by atoms with Gasteiger partial charge in [0.2, 0.25) is 5.82 Å². The zero-order valence-corrected chi connectivity index (χ0v) is 13.5. The third-order valence-electron chi connectivity index (χ3n) is 4.53. The van der Waals surface area contributed by atoms with Crippen LogP contribution < -0.4 is 5.73 Å². The normalized spacial score (nSPS) is 14.6. The van der Waals surface area contributed by atoms with Gasteiger partial charge in [-0.2, -0.15) is 4.98 Å². The van der Waals surface area contributed by atoms with Crippen LogP contribution in [-0.2, 0) is 23.2 Å². The molecule has 2 N–H and O–H groups in total. The average molecular weight is 307 g/mol. The van der Waals surface area contributed by atoms with Crippen molar-refractivity contribution in [2.75, 3.05) is 12.8 Å². The lowest BCUT2D eigenvalue weighted by molar-refractivity contribution is -0.0306. The molecule has 0 aromatic carbocycles. The van der Waals surface area contributed by atoms with Crippen LogP contribution in [-0.4, -0.2) is 17.3 Å². The number of anilines is 1. The number of nitrogens with two attached hydrogens (primary N) is 1. The van der Waals surface area contributed by atoms with Gasteiger partial charge in [-0.25, -0.2) is 0 Å². The molecule has 0 fully saturated rings. The molecule has 114 valence electrons. The largest absolute Gasteiger partial charge is 0.390 e. The quantitative estimate of drug-likeness (QED) is 0.914. The van der Waals surface area contributed by atoms with Gasteiger partial charge in [0.15, 0.2) is 0 Å². The minimum atomic E-state index is -0.476. The molecule has 5 nitrogen and oxygen atoms in total. The lowest BCUT2D eigenvalue weighted by Crippen LogP contribution is -2.28. The van der Waals surface area contributed by atoms with E-state index in [-0.39, 0.29) is 0 Å². The summed E-state index contributed by atoms with van der Waals surface area (Å²) in [5.41, 5.74) is 7.93. The smallest absolute Gasteiger partial charge is 0.261 e. The van der Waals surface area contributed by atoms with Crippen molar-refractivity contribution in [3.8, 4) is 11.5 Å². The summed E-state index contributed by atoms with van der Waals surface area (Å²) in [5.74, 6) is 1.15. The predicted octanol–water partition coefficient (Wildman–Crippen LogP) is 3.53. The molecule has 0 aliphatic heterocycles. The van der Waals surface area contributed by atoms with Crippen LogP contribution in [0.2, 0.25) is 0 Å². The van der Waals surface area contributed by atoms with Gasteiger partial charge in [0, 0.05) is 12.0 Å². The Hall–Kier alpha value is -1.40. The fraction of sp³-hybridized carbons (Fsp3) is 0.600. The van der Waals surface area contributed by atoms with E-state index in [4.69, 9.17) is 15.0 Å². The Morgan fingerprint density at radius 2 is 2.10 bits per heavy atom. The van der Waals surface area contributed by atoms with Crippen molar-refractivity contribution in [3.63, 3.8) is 0 Å². The summed E-state index contributed by atoms with van der Waals surface area (Å²) in [6.07, 6.45) is 4.94. The van der Waals surface area contributed by atoms with Crippen molar-refractivity contribution < 1.29 is 9.26 Å². The number of fused-ring (bicyclic) bond motifs is 1. The van der Waals surface area contributed by atoms with E-state index < -0.39 is 5.60 Å². The first-order valence-corrected chi connectivity index (χ1v) is 8.26. The van der Waals surface area contributed by atoms with Crippen molar-refractivity contribution in [1.82, 2.24) is 10.1 Å². The maximum atomic E-state index is 6.16. The van der Waals surface area contributed by atoms with Crippen LogP contribution in [0.5, 0.6) is 0 Å². The van der Waals surface area contributed by atoms with Gasteiger partial charge in [-0.05, 0) is 37.7 Å². The monoisotopic (exact) mass is 307 g/mol. The molecule has 0 saturated heterocycles. The lowest BCUT2D eigenvalue weighted by Gasteiger charge is -2.25. The highest BCUT2D eigenvalue weighted by Gasteiger charge is 2.35. The SMILES string of the molecule is CCC(CC)(OC)c1noc(-c2c(N)sc3c2CCC3)n1. The molecular formula is C15H21N3O2S. The molecule has 0 radical (unpaired) electrons. The highest BCUT2D eigenvalue weighted by atomic mass is 32.1. The van der Waals surface area contributed by atoms with E-state index in [1.807, 2.05) is 0 Å². The minimum Gasteiger partial charge on any atom is -0.390 e. The number of aromatic nitrogens is 2. The molecule has 1 aliphatic rings. The van der Waals surface area contributed by atoms with Crippen LogP contribution in [0.25, 0.3) is 11.5 Å². The van der Waals surface area contributed by atoms with Gasteiger partial charge in [0.25, 0.3) is 5.89 Å². The summed E-state index contributed by atoms with van der Waals surface area (Å²) in [4.78, 5) is 5.97. The fourth-order valence-electron chi connectivity index (χ4n) is 3.12. The summed E-state index contributed by atoms with van der Waals surface area (Å²) >= 11 is 1.65. The number of hydrogen-bond acceptors (Lipinski definition) is 6. The van der Waals surface area contributed by atoms with Crippen LogP contribution >= 0.6 is 11.3 Å². The van der Waals surface area contributed by atoms with Crippen LogP contribution in [0.1, 0.15) is 49.4 Å². The van der Waals surface area contributed by atoms with E-state index in [0.29, 0.717) is 11.7 Å². The van der Waals surface area contributed by atoms with Gasteiger partial charge in [0.1, 0.15) is 5.60 Å². The Labute approximate surface area is 128 Å². The molecule has 6 heteroatoms. The van der Waals surface area contributed by atoms with Gasteiger partial charge in [-0.15, -0.1) is 11.3 Å². The second kappa shape index (κ2) is 5.42. The van der Waals surface area contributed by atoms with Crippen molar-refractivity contribution in [2.45, 2.75) is 51.6 Å². The topological polar surface area (TPSA) is 74.2 Å². The first-order valence-electron chi connectivity index (χ1n) is 7.45. The van der Waals surface area contributed by atoms with Crippen molar-refractivity contribution >= 4 is 16.3 Å². The molecule has 2 heterocycles. The van der Waals surface area contributed by atoms with E-state index in [9.17, 15) is 0 Å². The van der Waals surface area contributed by atoms with Gasteiger partial charge < -0.3 is 15.0 Å². The maximum absolute atomic E-state index is 6.16. The van der Waals surface area contributed by atoms with E-state index in [1.54, 1.807) is 18.4 Å². The molecule has 2 aromatic heterocycles. The Bertz CT molecular complexity index is 635. The summed E-state index contributed by atoms with van der Waals surface area (Å²) in [5, 5.41) is 4.94. The number of hydrogen-bond donors (Lipinski definition) is 1. The van der Waals surface area contributed by atoms with Gasteiger partial charge in [-0.1, -0.05) is 19.0 Å². The average Bonchev–Trinajstić information content (AvgIpc) is 3.17. The molecule has 0 amide bonds. The summed E-state index contributed by atoms with van der Waals surface area (Å²) in [7, 11) is 1.69. The zero-order chi connectivity index (χ0) is 15.0. The Morgan fingerprint density at radius 1 is 1.33 bits per heavy atom. The molecule has 0 saturated carbocycles. The number of nitrogens with zero attached hydrogens (tertiary/aromatic N) is 2. The third-order valence-corrected chi connectivity index (χ3v) is 5.65. The van der Waals surface area contributed by atoms with Crippen molar-refractivity contribution in [3.05, 3.63) is 16.3 Å². The number of nitrogen functional groups attached to an aromatic ring is 1. The molecule has 21 heavy (non-hydrogen) atoms. The maximum Gasteiger partial charge on any atom is 0.261 e. The van der Waals surface area contributed by atoms with Crippen LogP contribution in [0.3, 0.4) is 0 Å². The predicted molar refractivity (Wildman–Crippen MR) is 83.3 cm³/mol. The summed E-state index contributed by atoms with van der Waals surface area (Å²) in [6.45, 7) is 4.14. The van der Waals surface area contributed by atoms with Gasteiger partial charge in [0.05, 0.1) is 10.6 Å². The van der Waals surface area contributed by atoms with Gasteiger partial charge in [-0.3, -0.25) is 0 Å². The third kappa shape index (κ3) is 2.17. The van der Waals surface area contributed by atoms with E-state index >= 15 is 0 Å². The molecule has 2 aromatic rings. The number of ether oxygens (including phenoxy) is 1. The molecule has 1 aliphatic carbocycles. The van der Waals surface area contributed by atoms with Crippen LogP contribution in [0.15, 0.2) is 4.52 Å². The zero-order valence-electron chi connectivity index (χ0n) is 12.7. The van der Waals surface area contributed by atoms with Crippen LogP contribution in [0, 0.1) is 0 Å². The molecule has 3 rings (SSSR count). The molecule has 0 atom stereocenters. The number of thiophene rings is 1. The summed E-state index contributed by atoms with van der Waals surface area (Å²) in [6, 6.07) is 0. The Kier molecular flexibility index (Phi) is 3.75. The number of rotatable bonds is 5. The molecular weight excluding hydrogens is 286 g/mol. The van der Waals surface area contributed by atoms with Crippen molar-refractivity contribution in [2.24, 2.45) is 0 Å². The second-order valence-corrected chi connectivity index (χ2v) is 6.56. The van der Waals surface area contributed by atoms with E-state index in [0.717, 1.165) is 36.2 Å². The summed E-state index contributed by atoms with van der Waals surface area (Å²) < 4.78 is 11.2. The Balaban J connectivity index is 2.03. The molecule has 0 unspecified atom stereocenters. The van der Waals surface area contributed by atoms with E-state index in [2.05, 4.69) is 24.0 Å². The van der Waals surface area contributed by atoms with Gasteiger partial charge >= 0.3 is 0 Å². The fourth-order valence-corrected chi connectivity index (χ4v) is 4.27. The number of aryl methyl sites for hydroxylation is 1. The molecule has 0 bridgehead atoms. The van der Waals surface area contributed by atoms with Crippen LogP contribution in [0.4, 0.5) is 5.00 Å². The number of methoxy groups -OCH3 is 1. The van der Waals surface area contributed by atoms with Crippen molar-refractivity contribution in [1.29, 1.82) is 0 Å². The Morgan fingerprint density at radius 3 is 2.76 bits per heavy atom. The standard InChI is InChI=1S/C15H21N3O2S/c1-4-15(5-2,19-3)14-17-13(20-18-14)11-9-7-6-8-10(9)21-12(11)16/h4-8,16H2,1-3H3. The minimum absolute atomic E-state index is 0.476. The lowest BCUT2D eigenvalue weighted by atomic mass is 9.96. The van der Waals surface area contributed by atoms with E-state index in [1.165, 1.54) is 16.9 Å². The molecule has 0 spiro atoms. The first kappa shape index (κ1) is 14.5. The highest BCUT2D eigenvalue weighted by Crippen LogP contribution is 2.43. The first-order chi connectivity index (χ1) is 10.1.